The number of sulfonamides is 1. The molecule has 5 N–H and O–H groups in total. The van der Waals surface area contributed by atoms with Crippen molar-refractivity contribution in [1.82, 2.24) is 20.3 Å². The third-order valence-corrected chi connectivity index (χ3v) is 7.11. The smallest absolute Gasteiger partial charge is 0.274 e. The van der Waals surface area contributed by atoms with Gasteiger partial charge >= 0.3 is 0 Å². The fraction of sp³-hybridized carbons (Fsp3) is 0.160. The van der Waals surface area contributed by atoms with E-state index in [9.17, 15) is 22.8 Å². The quantitative estimate of drug-likeness (QED) is 0.176. The van der Waals surface area contributed by atoms with E-state index in [1.807, 2.05) is 0 Å². The monoisotopic (exact) mass is 523 g/mol. The molecule has 192 valence electrons. The minimum atomic E-state index is -3.47. The number of benzene rings is 2. The van der Waals surface area contributed by atoms with Crippen LogP contribution in [0.15, 0.2) is 65.6 Å². The predicted octanol–water partition coefficient (Wildman–Crippen LogP) is 2.34. The molecule has 0 radical (unpaired) electrons. The number of amides is 2. The molecule has 2 aromatic heterocycles. The lowest BCUT2D eigenvalue weighted by Gasteiger charge is -2.10. The summed E-state index contributed by atoms with van der Waals surface area (Å²) in [5, 5.41) is 12.0. The molecule has 4 rings (SSSR count). The Morgan fingerprint density at radius 3 is 2.46 bits per heavy atom. The maximum Gasteiger partial charge on any atom is 0.274 e. The van der Waals surface area contributed by atoms with Crippen molar-refractivity contribution >= 4 is 38.4 Å². The number of hydrogen-bond donors (Lipinski definition) is 5. The molecule has 11 nitrogen and oxygen atoms in total. The number of aromatic nitrogens is 2. The van der Waals surface area contributed by atoms with Crippen LogP contribution in [-0.4, -0.2) is 40.7 Å². The molecule has 0 atom stereocenters. The average molecular weight is 524 g/mol. The Labute approximate surface area is 212 Å². The van der Waals surface area contributed by atoms with Gasteiger partial charge in [0.2, 0.25) is 10.0 Å². The van der Waals surface area contributed by atoms with Crippen molar-refractivity contribution < 1.29 is 23.2 Å². The van der Waals surface area contributed by atoms with Crippen molar-refractivity contribution in [3.63, 3.8) is 0 Å². The highest BCUT2D eigenvalue weighted by Crippen LogP contribution is 2.29. The molecule has 0 bridgehead atoms. The van der Waals surface area contributed by atoms with E-state index < -0.39 is 21.8 Å². The van der Waals surface area contributed by atoms with E-state index in [1.54, 1.807) is 68.1 Å². The van der Waals surface area contributed by atoms with Crippen LogP contribution in [0, 0.1) is 0 Å². The second kappa shape index (κ2) is 10.3. The number of aryl methyl sites for hydroxylation is 1. The first-order chi connectivity index (χ1) is 17.6. The van der Waals surface area contributed by atoms with Gasteiger partial charge in [0.25, 0.3) is 17.4 Å². The average Bonchev–Trinajstić information content (AvgIpc) is 3.35. The molecule has 0 aliphatic heterocycles. The van der Waals surface area contributed by atoms with Crippen LogP contribution >= 0.6 is 0 Å². The normalized spacial score (nSPS) is 11.3. The van der Waals surface area contributed by atoms with E-state index in [2.05, 4.69) is 15.0 Å². The number of H-pyrrole nitrogens is 1. The van der Waals surface area contributed by atoms with Crippen molar-refractivity contribution in [2.24, 2.45) is 7.05 Å². The summed E-state index contributed by atoms with van der Waals surface area (Å²) < 4.78 is 27.9. The Hall–Kier alpha value is -4.42. The van der Waals surface area contributed by atoms with Gasteiger partial charge in [-0.3, -0.25) is 24.3 Å². The van der Waals surface area contributed by atoms with Gasteiger partial charge in [0.1, 0.15) is 11.2 Å². The summed E-state index contributed by atoms with van der Waals surface area (Å²) in [4.78, 5) is 40.0. The van der Waals surface area contributed by atoms with Crippen LogP contribution in [0.5, 0.6) is 0 Å². The van der Waals surface area contributed by atoms with Crippen LogP contribution in [0.3, 0.4) is 0 Å². The number of anilines is 1. The Morgan fingerprint density at radius 1 is 1.05 bits per heavy atom. The molecule has 0 spiro atoms. The minimum absolute atomic E-state index is 0.0697. The zero-order valence-corrected chi connectivity index (χ0v) is 20.8. The van der Waals surface area contributed by atoms with E-state index in [0.29, 0.717) is 22.2 Å². The molecule has 0 aliphatic rings. The van der Waals surface area contributed by atoms with Crippen molar-refractivity contribution in [3.05, 3.63) is 88.0 Å². The van der Waals surface area contributed by atoms with E-state index in [0.717, 1.165) is 5.56 Å². The SMILES string of the molecule is CCS(=O)(=O)Nc1cccc(-c2cn(C)c(=O)c3[nH]c(C(=O)NCc4ccc(C(=O)NO)cc4)cc23)c1. The number of hydrogen-bond acceptors (Lipinski definition) is 6. The third-order valence-electron chi connectivity index (χ3n) is 5.81. The van der Waals surface area contributed by atoms with Crippen LogP contribution in [0.1, 0.15) is 33.3 Å². The maximum atomic E-state index is 12.9. The molecular weight excluding hydrogens is 498 g/mol. The van der Waals surface area contributed by atoms with Gasteiger partial charge < -0.3 is 14.9 Å². The van der Waals surface area contributed by atoms with Crippen LogP contribution < -0.4 is 21.1 Å². The number of carbonyl (C=O) groups is 2. The van der Waals surface area contributed by atoms with Gasteiger partial charge in [0, 0.05) is 42.0 Å². The largest absolute Gasteiger partial charge is 0.347 e. The molecule has 2 amide bonds. The van der Waals surface area contributed by atoms with Gasteiger partial charge in [-0.05, 0) is 48.4 Å². The van der Waals surface area contributed by atoms with Gasteiger partial charge in [-0.25, -0.2) is 13.9 Å². The van der Waals surface area contributed by atoms with Gasteiger partial charge in [0.15, 0.2) is 0 Å². The fourth-order valence-corrected chi connectivity index (χ4v) is 4.43. The lowest BCUT2D eigenvalue weighted by molar-refractivity contribution is 0.0706. The Bertz CT molecular complexity index is 1660. The summed E-state index contributed by atoms with van der Waals surface area (Å²) in [5.41, 5.74) is 4.33. The van der Waals surface area contributed by atoms with Crippen LogP contribution in [-0.2, 0) is 23.6 Å². The lowest BCUT2D eigenvalue weighted by Crippen LogP contribution is -2.23. The van der Waals surface area contributed by atoms with Crippen LogP contribution in [0.25, 0.3) is 22.0 Å². The highest BCUT2D eigenvalue weighted by atomic mass is 32.2. The lowest BCUT2D eigenvalue weighted by atomic mass is 10.0. The maximum absolute atomic E-state index is 12.9. The molecule has 4 aromatic rings. The summed E-state index contributed by atoms with van der Waals surface area (Å²) in [5.74, 6) is -1.15. The van der Waals surface area contributed by atoms with Gasteiger partial charge in [-0.2, -0.15) is 0 Å². The number of hydroxylamine groups is 1. The van der Waals surface area contributed by atoms with Gasteiger partial charge in [0.05, 0.1) is 5.75 Å². The first kappa shape index (κ1) is 25.7. The number of aromatic amines is 1. The van der Waals surface area contributed by atoms with E-state index >= 15 is 0 Å². The minimum Gasteiger partial charge on any atom is -0.347 e. The first-order valence-corrected chi connectivity index (χ1v) is 12.9. The van der Waals surface area contributed by atoms with Gasteiger partial charge in [-0.1, -0.05) is 24.3 Å². The highest BCUT2D eigenvalue weighted by molar-refractivity contribution is 7.92. The van der Waals surface area contributed by atoms with Crippen LogP contribution in [0.4, 0.5) is 5.69 Å². The van der Waals surface area contributed by atoms with Crippen molar-refractivity contribution in [3.8, 4) is 11.1 Å². The van der Waals surface area contributed by atoms with Crippen LogP contribution in [0.2, 0.25) is 0 Å². The molecule has 2 aromatic carbocycles. The fourth-order valence-electron chi connectivity index (χ4n) is 3.80. The Kier molecular flexibility index (Phi) is 7.14. The molecule has 0 aliphatic carbocycles. The predicted molar refractivity (Wildman–Crippen MR) is 139 cm³/mol. The summed E-state index contributed by atoms with van der Waals surface area (Å²) in [6.07, 6.45) is 1.64. The summed E-state index contributed by atoms with van der Waals surface area (Å²) in [6.45, 7) is 1.71. The Morgan fingerprint density at radius 2 is 1.78 bits per heavy atom. The molecule has 0 fully saturated rings. The Balaban J connectivity index is 1.63. The third kappa shape index (κ3) is 5.55. The van der Waals surface area contributed by atoms with Crippen molar-refractivity contribution in [2.75, 3.05) is 10.5 Å². The highest BCUT2D eigenvalue weighted by Gasteiger charge is 2.17. The van der Waals surface area contributed by atoms with Crippen molar-refractivity contribution in [1.29, 1.82) is 0 Å². The number of pyridine rings is 1. The van der Waals surface area contributed by atoms with E-state index in [-0.39, 0.29) is 34.6 Å². The second-order valence-corrected chi connectivity index (χ2v) is 10.3. The standard InChI is InChI=1S/C25H25N5O6S/c1-3-37(35,36)29-18-6-4-5-17(11-18)20-14-30(2)25(33)22-19(20)12-21(27-22)24(32)26-13-15-7-9-16(10-8-15)23(31)28-34/h4-12,14,27,29,34H,3,13H2,1-2H3,(H,26,32)(H,28,31). The van der Waals surface area contributed by atoms with Gasteiger partial charge in [-0.15, -0.1) is 0 Å². The molecule has 0 saturated heterocycles. The number of fused-ring (bicyclic) bond motifs is 1. The zero-order chi connectivity index (χ0) is 26.7. The molecule has 37 heavy (non-hydrogen) atoms. The number of nitrogens with zero attached hydrogens (tertiary/aromatic N) is 1. The first-order valence-electron chi connectivity index (χ1n) is 11.3. The van der Waals surface area contributed by atoms with E-state index in [1.165, 1.54) is 16.7 Å². The number of nitrogens with one attached hydrogen (secondary N) is 4. The molecule has 0 saturated carbocycles. The molecule has 0 unspecified atom stereocenters. The topological polar surface area (TPSA) is 162 Å². The van der Waals surface area contributed by atoms with E-state index in [4.69, 9.17) is 5.21 Å². The summed E-state index contributed by atoms with van der Waals surface area (Å²) in [7, 11) is -1.88. The summed E-state index contributed by atoms with van der Waals surface area (Å²) in [6, 6.07) is 14.7. The van der Waals surface area contributed by atoms with Crippen molar-refractivity contribution in [2.45, 2.75) is 13.5 Å². The number of carbonyl (C=O) groups excluding carboxylic acids is 2. The number of rotatable bonds is 8. The molecule has 12 heteroatoms. The second-order valence-electron chi connectivity index (χ2n) is 8.34. The summed E-state index contributed by atoms with van der Waals surface area (Å²) >= 11 is 0. The molecule has 2 heterocycles. The zero-order valence-electron chi connectivity index (χ0n) is 20.0. The molecular formula is C25H25N5O6S.